The van der Waals surface area contributed by atoms with Crippen molar-refractivity contribution < 1.29 is 9.59 Å². The zero-order valence-corrected chi connectivity index (χ0v) is 18.3. The fraction of sp³-hybridized carbons (Fsp3) is 0.348. The lowest BCUT2D eigenvalue weighted by Gasteiger charge is -2.37. The highest BCUT2D eigenvalue weighted by atomic mass is 79.9. The van der Waals surface area contributed by atoms with E-state index in [0.29, 0.717) is 17.8 Å². The maximum atomic E-state index is 13.6. The van der Waals surface area contributed by atoms with E-state index in [2.05, 4.69) is 38.7 Å². The zero-order valence-electron chi connectivity index (χ0n) is 16.8. The van der Waals surface area contributed by atoms with Crippen molar-refractivity contribution in [1.82, 2.24) is 0 Å². The van der Waals surface area contributed by atoms with Crippen LogP contribution in [0.4, 0.5) is 11.4 Å². The van der Waals surface area contributed by atoms with E-state index in [1.165, 1.54) is 0 Å². The van der Waals surface area contributed by atoms with Crippen molar-refractivity contribution >= 4 is 44.7 Å². The normalized spacial score (nSPS) is 28.6. The fourth-order valence-electron chi connectivity index (χ4n) is 4.90. The van der Waals surface area contributed by atoms with Gasteiger partial charge in [-0.1, -0.05) is 51.1 Å². The number of Topliss-reactive ketones (excluding diaryl/α,β-unsaturated/α-hetero) is 1. The standard InChI is InChI=1S/C23H24BrN3O2/c1-21(2)22(3)13-14-23(21,20(29)25-17-12-8-7-11-16(17)24)19(28)18(22)27-26-15-9-5-4-6-10-15/h4-12,26H,13-14H2,1-3H3,(H,25,29). The first-order chi connectivity index (χ1) is 13.7. The van der Waals surface area contributed by atoms with Gasteiger partial charge >= 0.3 is 0 Å². The number of benzene rings is 2. The molecular weight excluding hydrogens is 430 g/mol. The molecule has 5 nitrogen and oxygen atoms in total. The van der Waals surface area contributed by atoms with Crippen LogP contribution >= 0.6 is 15.9 Å². The summed E-state index contributed by atoms with van der Waals surface area (Å²) < 4.78 is 0.786. The summed E-state index contributed by atoms with van der Waals surface area (Å²) in [6.45, 7) is 6.09. The molecule has 2 N–H and O–H groups in total. The number of rotatable bonds is 4. The topological polar surface area (TPSA) is 70.6 Å². The number of para-hydroxylation sites is 2. The van der Waals surface area contributed by atoms with E-state index in [-0.39, 0.29) is 11.7 Å². The van der Waals surface area contributed by atoms with Crippen LogP contribution in [0.2, 0.25) is 0 Å². The Balaban J connectivity index is 1.71. The van der Waals surface area contributed by atoms with Gasteiger partial charge in [0, 0.05) is 9.89 Å². The van der Waals surface area contributed by atoms with Gasteiger partial charge in [0.15, 0.2) is 5.78 Å². The fourth-order valence-corrected chi connectivity index (χ4v) is 5.28. The van der Waals surface area contributed by atoms with Crippen molar-refractivity contribution in [3.05, 3.63) is 59.1 Å². The highest BCUT2D eigenvalue weighted by Crippen LogP contribution is 2.69. The number of hydrogen-bond donors (Lipinski definition) is 2. The van der Waals surface area contributed by atoms with Crippen molar-refractivity contribution in [1.29, 1.82) is 0 Å². The molecule has 1 amide bonds. The second kappa shape index (κ2) is 6.80. The molecule has 4 rings (SSSR count). The predicted octanol–water partition coefficient (Wildman–Crippen LogP) is 5.25. The molecule has 2 atom stereocenters. The second-order valence-corrected chi connectivity index (χ2v) is 9.42. The van der Waals surface area contributed by atoms with Crippen LogP contribution in [0.1, 0.15) is 33.6 Å². The summed E-state index contributed by atoms with van der Waals surface area (Å²) in [5.74, 6) is -0.433. The quantitative estimate of drug-likeness (QED) is 0.490. The van der Waals surface area contributed by atoms with Crippen molar-refractivity contribution in [2.24, 2.45) is 21.3 Å². The van der Waals surface area contributed by atoms with E-state index in [1.807, 2.05) is 68.4 Å². The van der Waals surface area contributed by atoms with Crippen molar-refractivity contribution in [3.8, 4) is 0 Å². The number of halogens is 1. The Hall–Kier alpha value is -2.47. The summed E-state index contributed by atoms with van der Waals surface area (Å²) in [6.07, 6.45) is 1.26. The Morgan fingerprint density at radius 1 is 1.00 bits per heavy atom. The average Bonchev–Trinajstić information content (AvgIpc) is 2.98. The number of carbonyl (C=O) groups is 2. The number of carbonyl (C=O) groups excluding carboxylic acids is 2. The van der Waals surface area contributed by atoms with Crippen molar-refractivity contribution in [2.45, 2.75) is 33.6 Å². The molecule has 2 aliphatic carbocycles. The number of hydrogen-bond acceptors (Lipinski definition) is 4. The number of nitrogens with zero attached hydrogens (tertiary/aromatic N) is 1. The van der Waals surface area contributed by atoms with Gasteiger partial charge < -0.3 is 5.32 Å². The largest absolute Gasteiger partial charge is 0.324 e. The van der Waals surface area contributed by atoms with Gasteiger partial charge in [0.05, 0.1) is 11.4 Å². The first kappa shape index (κ1) is 19.8. The molecule has 0 aromatic heterocycles. The van der Waals surface area contributed by atoms with Crippen LogP contribution in [-0.4, -0.2) is 17.4 Å². The maximum Gasteiger partial charge on any atom is 0.239 e. The van der Waals surface area contributed by atoms with Crippen molar-refractivity contribution in [3.63, 3.8) is 0 Å². The first-order valence-electron chi connectivity index (χ1n) is 9.74. The molecule has 29 heavy (non-hydrogen) atoms. The number of nitrogens with one attached hydrogen (secondary N) is 2. The first-order valence-corrected chi connectivity index (χ1v) is 10.5. The lowest BCUT2D eigenvalue weighted by molar-refractivity contribution is -0.140. The molecule has 2 unspecified atom stereocenters. The average molecular weight is 454 g/mol. The Morgan fingerprint density at radius 3 is 2.34 bits per heavy atom. The van der Waals surface area contributed by atoms with Gasteiger partial charge in [0.2, 0.25) is 5.91 Å². The Bertz CT molecular complexity index is 1020. The number of anilines is 2. The lowest BCUT2D eigenvalue weighted by atomic mass is 9.64. The van der Waals surface area contributed by atoms with Crippen LogP contribution in [0.15, 0.2) is 64.2 Å². The Kier molecular flexibility index (Phi) is 4.65. The van der Waals surface area contributed by atoms with E-state index in [0.717, 1.165) is 16.6 Å². The van der Waals surface area contributed by atoms with E-state index >= 15 is 0 Å². The monoisotopic (exact) mass is 453 g/mol. The third-order valence-electron chi connectivity index (χ3n) is 7.15. The van der Waals surface area contributed by atoms with Gasteiger partial charge in [-0.15, -0.1) is 0 Å². The van der Waals surface area contributed by atoms with Gasteiger partial charge in [-0.2, -0.15) is 5.10 Å². The van der Waals surface area contributed by atoms with Gasteiger partial charge in [0.1, 0.15) is 11.1 Å². The van der Waals surface area contributed by atoms with Gasteiger partial charge in [-0.25, -0.2) is 0 Å². The minimum absolute atomic E-state index is 0.177. The number of ketones is 1. The van der Waals surface area contributed by atoms with E-state index in [1.54, 1.807) is 0 Å². The molecule has 2 bridgehead atoms. The molecule has 2 aromatic rings. The van der Waals surface area contributed by atoms with E-state index in [4.69, 9.17) is 0 Å². The maximum absolute atomic E-state index is 13.6. The van der Waals surface area contributed by atoms with Gasteiger partial charge in [-0.05, 0) is 58.5 Å². The molecule has 2 saturated carbocycles. The SMILES string of the molecule is CC12CCC(C(=O)Nc3ccccc3Br)(C(=O)C1=NNc1ccccc1)C2(C)C. The molecule has 2 aromatic carbocycles. The number of amides is 1. The summed E-state index contributed by atoms with van der Waals surface area (Å²) in [7, 11) is 0. The van der Waals surface area contributed by atoms with Gasteiger partial charge in [-0.3, -0.25) is 15.0 Å². The summed E-state index contributed by atoms with van der Waals surface area (Å²) in [5.41, 5.74) is 2.78. The number of fused-ring (bicyclic) bond motifs is 2. The third-order valence-corrected chi connectivity index (χ3v) is 7.84. The summed E-state index contributed by atoms with van der Waals surface area (Å²) >= 11 is 3.47. The molecule has 0 saturated heterocycles. The van der Waals surface area contributed by atoms with Crippen LogP contribution in [0.5, 0.6) is 0 Å². The second-order valence-electron chi connectivity index (χ2n) is 8.56. The summed E-state index contributed by atoms with van der Waals surface area (Å²) in [5, 5.41) is 7.49. The minimum Gasteiger partial charge on any atom is -0.324 e. The van der Waals surface area contributed by atoms with Crippen LogP contribution in [0.3, 0.4) is 0 Å². The van der Waals surface area contributed by atoms with E-state index < -0.39 is 16.2 Å². The molecule has 2 fully saturated rings. The molecule has 0 radical (unpaired) electrons. The highest BCUT2D eigenvalue weighted by Gasteiger charge is 2.76. The zero-order chi connectivity index (χ0) is 20.9. The Labute approximate surface area is 179 Å². The summed E-state index contributed by atoms with van der Waals surface area (Å²) in [4.78, 5) is 27.1. The van der Waals surface area contributed by atoms with Crippen LogP contribution < -0.4 is 10.7 Å². The van der Waals surface area contributed by atoms with E-state index in [9.17, 15) is 9.59 Å². The minimum atomic E-state index is -1.13. The predicted molar refractivity (Wildman–Crippen MR) is 119 cm³/mol. The smallest absolute Gasteiger partial charge is 0.239 e. The molecule has 6 heteroatoms. The number of hydrazone groups is 1. The van der Waals surface area contributed by atoms with Gasteiger partial charge in [0.25, 0.3) is 0 Å². The third kappa shape index (κ3) is 2.69. The molecule has 0 aliphatic heterocycles. The van der Waals surface area contributed by atoms with Crippen LogP contribution in [0.25, 0.3) is 0 Å². The molecular formula is C23H24BrN3O2. The molecule has 0 heterocycles. The molecule has 0 spiro atoms. The van der Waals surface area contributed by atoms with Crippen LogP contribution in [0, 0.1) is 16.2 Å². The summed E-state index contributed by atoms with van der Waals surface area (Å²) in [6, 6.07) is 17.0. The molecule has 150 valence electrons. The van der Waals surface area contributed by atoms with Crippen molar-refractivity contribution in [2.75, 3.05) is 10.7 Å². The highest BCUT2D eigenvalue weighted by molar-refractivity contribution is 9.10. The Morgan fingerprint density at radius 2 is 1.66 bits per heavy atom. The lowest BCUT2D eigenvalue weighted by Crippen LogP contribution is -2.47. The molecule has 2 aliphatic rings. The van der Waals surface area contributed by atoms with Crippen LogP contribution in [-0.2, 0) is 9.59 Å².